The van der Waals surface area contributed by atoms with Gasteiger partial charge in [-0.05, 0) is 79.7 Å². The van der Waals surface area contributed by atoms with Crippen LogP contribution in [0.2, 0.25) is 0 Å². The number of rotatable bonds is 11. The van der Waals surface area contributed by atoms with E-state index in [0.717, 1.165) is 55.3 Å². The van der Waals surface area contributed by atoms with E-state index >= 15 is 0 Å². The molecule has 2 aliphatic carbocycles. The van der Waals surface area contributed by atoms with Gasteiger partial charge in [0.05, 0.1) is 13.2 Å². The molecule has 3 heteroatoms. The van der Waals surface area contributed by atoms with Crippen molar-refractivity contribution in [3.63, 3.8) is 0 Å². The summed E-state index contributed by atoms with van der Waals surface area (Å²) in [5.74, 6) is 5.10. The van der Waals surface area contributed by atoms with Crippen LogP contribution in [-0.4, -0.2) is 30.5 Å². The molecule has 1 saturated heterocycles. The van der Waals surface area contributed by atoms with E-state index in [4.69, 9.17) is 9.47 Å². The molecule has 0 amide bonds. The molecular formula is C33H45NO2. The van der Waals surface area contributed by atoms with E-state index in [1.165, 1.54) is 79.7 Å². The second-order valence-electron chi connectivity index (χ2n) is 12.2. The van der Waals surface area contributed by atoms with Crippen molar-refractivity contribution in [3.8, 4) is 0 Å². The summed E-state index contributed by atoms with van der Waals surface area (Å²) in [6.45, 7) is 8.63. The van der Waals surface area contributed by atoms with E-state index in [1.54, 1.807) is 0 Å². The maximum absolute atomic E-state index is 6.05. The molecule has 0 radical (unpaired) electrons. The maximum Gasteiger partial charge on any atom is 0.104 e. The van der Waals surface area contributed by atoms with Crippen LogP contribution in [0.3, 0.4) is 0 Å². The SMILES string of the molecule is CCC1CC(CCC2CC(CC)C(COCC3CO3)C2)C(Cn2c3ccccc3c3ccccc32)C1. The summed E-state index contributed by atoms with van der Waals surface area (Å²) in [5.41, 5.74) is 2.83. The number of fused-ring (bicyclic) bond motifs is 3. The highest BCUT2D eigenvalue weighted by Gasteiger charge is 2.37. The zero-order valence-corrected chi connectivity index (χ0v) is 22.4. The van der Waals surface area contributed by atoms with Gasteiger partial charge in [0.1, 0.15) is 6.10 Å². The van der Waals surface area contributed by atoms with Gasteiger partial charge in [0.25, 0.3) is 0 Å². The third kappa shape index (κ3) is 5.11. The van der Waals surface area contributed by atoms with Crippen LogP contribution in [0, 0.1) is 35.5 Å². The van der Waals surface area contributed by atoms with Crippen LogP contribution in [0.1, 0.15) is 65.2 Å². The fraction of sp³-hybridized carbons (Fsp3) is 0.636. The van der Waals surface area contributed by atoms with Crippen LogP contribution in [0.4, 0.5) is 0 Å². The minimum Gasteiger partial charge on any atom is -0.378 e. The summed E-state index contributed by atoms with van der Waals surface area (Å²) in [5, 5.41) is 2.82. The predicted molar refractivity (Wildman–Crippen MR) is 149 cm³/mol. The van der Waals surface area contributed by atoms with Gasteiger partial charge in [0.15, 0.2) is 0 Å². The number of nitrogens with zero attached hydrogens (tertiary/aromatic N) is 1. The van der Waals surface area contributed by atoms with E-state index in [0.29, 0.717) is 6.10 Å². The van der Waals surface area contributed by atoms with Gasteiger partial charge in [-0.2, -0.15) is 0 Å². The Labute approximate surface area is 217 Å². The Morgan fingerprint density at radius 2 is 1.36 bits per heavy atom. The summed E-state index contributed by atoms with van der Waals surface area (Å²) < 4.78 is 14.0. The van der Waals surface area contributed by atoms with Crippen molar-refractivity contribution in [2.45, 2.75) is 77.9 Å². The van der Waals surface area contributed by atoms with Crippen LogP contribution in [-0.2, 0) is 16.0 Å². The Bertz CT molecular complexity index is 1090. The van der Waals surface area contributed by atoms with Gasteiger partial charge in [-0.1, -0.05) is 69.5 Å². The van der Waals surface area contributed by atoms with Crippen LogP contribution in [0.25, 0.3) is 21.8 Å². The molecule has 3 nitrogen and oxygen atoms in total. The Morgan fingerprint density at radius 3 is 2.03 bits per heavy atom. The number of para-hydroxylation sites is 2. The zero-order chi connectivity index (χ0) is 24.5. The summed E-state index contributed by atoms with van der Waals surface area (Å²) in [6.07, 6.45) is 11.5. The molecule has 194 valence electrons. The van der Waals surface area contributed by atoms with Gasteiger partial charge >= 0.3 is 0 Å². The quantitative estimate of drug-likeness (QED) is 0.255. The minimum atomic E-state index is 0.391. The van der Waals surface area contributed by atoms with Gasteiger partial charge < -0.3 is 14.0 Å². The lowest BCUT2D eigenvalue weighted by Crippen LogP contribution is -2.16. The molecule has 3 aromatic rings. The minimum absolute atomic E-state index is 0.391. The van der Waals surface area contributed by atoms with Crippen LogP contribution < -0.4 is 0 Å². The van der Waals surface area contributed by atoms with Crippen LogP contribution in [0.5, 0.6) is 0 Å². The molecule has 3 fully saturated rings. The molecule has 2 aromatic carbocycles. The topological polar surface area (TPSA) is 26.7 Å². The Morgan fingerprint density at radius 1 is 0.722 bits per heavy atom. The lowest BCUT2D eigenvalue weighted by atomic mass is 9.87. The van der Waals surface area contributed by atoms with E-state index in [1.807, 2.05) is 0 Å². The summed E-state index contributed by atoms with van der Waals surface area (Å²) in [6, 6.07) is 18.1. The molecule has 36 heavy (non-hydrogen) atoms. The molecule has 7 unspecified atom stereocenters. The van der Waals surface area contributed by atoms with E-state index < -0.39 is 0 Å². The van der Waals surface area contributed by atoms with Crippen LogP contribution >= 0.6 is 0 Å². The largest absolute Gasteiger partial charge is 0.378 e. The third-order valence-corrected chi connectivity index (χ3v) is 10.1. The van der Waals surface area contributed by atoms with E-state index in [2.05, 4.69) is 66.9 Å². The number of hydrogen-bond donors (Lipinski definition) is 0. The van der Waals surface area contributed by atoms with Gasteiger partial charge in [0, 0.05) is 35.0 Å². The van der Waals surface area contributed by atoms with Crippen molar-refractivity contribution >= 4 is 21.8 Å². The number of ether oxygens (including phenoxy) is 2. The molecule has 7 atom stereocenters. The lowest BCUT2D eigenvalue weighted by Gasteiger charge is -2.23. The smallest absolute Gasteiger partial charge is 0.104 e. The van der Waals surface area contributed by atoms with E-state index in [9.17, 15) is 0 Å². The van der Waals surface area contributed by atoms with Crippen molar-refractivity contribution in [3.05, 3.63) is 48.5 Å². The first-order valence-electron chi connectivity index (χ1n) is 14.9. The van der Waals surface area contributed by atoms with Crippen molar-refractivity contribution in [2.24, 2.45) is 35.5 Å². The lowest BCUT2D eigenvalue weighted by molar-refractivity contribution is 0.0727. The van der Waals surface area contributed by atoms with Crippen molar-refractivity contribution in [1.29, 1.82) is 0 Å². The van der Waals surface area contributed by atoms with Crippen molar-refractivity contribution < 1.29 is 9.47 Å². The average Bonchev–Trinajstić information content (AvgIpc) is 3.40. The molecule has 6 rings (SSSR count). The molecule has 2 saturated carbocycles. The van der Waals surface area contributed by atoms with Gasteiger partial charge in [0.2, 0.25) is 0 Å². The molecule has 0 spiro atoms. The number of hydrogen-bond acceptors (Lipinski definition) is 2. The Balaban J connectivity index is 1.12. The fourth-order valence-electron chi connectivity index (χ4n) is 7.92. The number of epoxide rings is 1. The zero-order valence-electron chi connectivity index (χ0n) is 22.4. The highest BCUT2D eigenvalue weighted by atomic mass is 16.6. The number of aromatic nitrogens is 1. The average molecular weight is 488 g/mol. The molecule has 0 bridgehead atoms. The first-order chi connectivity index (χ1) is 17.7. The van der Waals surface area contributed by atoms with Gasteiger partial charge in [-0.25, -0.2) is 0 Å². The summed E-state index contributed by atoms with van der Waals surface area (Å²) in [7, 11) is 0. The first-order valence-corrected chi connectivity index (χ1v) is 14.9. The first kappa shape index (κ1) is 24.5. The van der Waals surface area contributed by atoms with Crippen LogP contribution in [0.15, 0.2) is 48.5 Å². The van der Waals surface area contributed by atoms with Crippen molar-refractivity contribution in [1.82, 2.24) is 4.57 Å². The Kier molecular flexibility index (Phi) is 7.40. The highest BCUT2D eigenvalue weighted by Crippen LogP contribution is 2.46. The molecule has 1 aromatic heterocycles. The molecule has 3 aliphatic rings. The fourth-order valence-corrected chi connectivity index (χ4v) is 7.92. The maximum atomic E-state index is 6.05. The monoisotopic (exact) mass is 487 g/mol. The molecular weight excluding hydrogens is 442 g/mol. The molecule has 0 N–H and O–H groups in total. The second kappa shape index (κ2) is 10.9. The molecule has 2 heterocycles. The summed E-state index contributed by atoms with van der Waals surface area (Å²) in [4.78, 5) is 0. The second-order valence-corrected chi connectivity index (χ2v) is 12.2. The normalized spacial score (nSPS) is 32.1. The van der Waals surface area contributed by atoms with Gasteiger partial charge in [-0.3, -0.25) is 0 Å². The van der Waals surface area contributed by atoms with E-state index in [-0.39, 0.29) is 0 Å². The highest BCUT2D eigenvalue weighted by molar-refractivity contribution is 6.07. The summed E-state index contributed by atoms with van der Waals surface area (Å²) >= 11 is 0. The van der Waals surface area contributed by atoms with Gasteiger partial charge in [-0.15, -0.1) is 0 Å². The number of benzene rings is 2. The van der Waals surface area contributed by atoms with Crippen molar-refractivity contribution in [2.75, 3.05) is 19.8 Å². The molecule has 1 aliphatic heterocycles. The Hall–Kier alpha value is -1.84. The standard InChI is InChI=1S/C33H45NO2/c1-3-23-15-26(14-13-24-17-25(4-2)28(18-24)20-35-21-29-22-36-29)27(16-23)19-34-32-11-7-5-9-30(32)31-10-6-8-12-33(31)34/h5-12,23-29H,3-4,13-22H2,1-2H3. The third-order valence-electron chi connectivity index (χ3n) is 10.1. The predicted octanol–water partition coefficient (Wildman–Crippen LogP) is 8.09.